The van der Waals surface area contributed by atoms with Gasteiger partial charge in [0.25, 0.3) is 0 Å². The molecule has 0 radical (unpaired) electrons. The molecule has 9 heteroatoms. The quantitative estimate of drug-likeness (QED) is 0.783. The van der Waals surface area contributed by atoms with E-state index in [1.807, 2.05) is 0 Å². The van der Waals surface area contributed by atoms with Crippen LogP contribution in [0.25, 0.3) is 0 Å². The number of likely N-dealkylation sites (N-methyl/N-ethyl adjacent to an activating group) is 1. The first-order chi connectivity index (χ1) is 9.61. The van der Waals surface area contributed by atoms with Gasteiger partial charge in [-0.2, -0.15) is 4.31 Å². The Bertz CT molecular complexity index is 687. The number of carbonyl (C=O) groups excluding carboxylic acids is 1. The number of carboxylic acids is 1. The van der Waals surface area contributed by atoms with Crippen LogP contribution in [0.1, 0.15) is 22.8 Å². The van der Waals surface area contributed by atoms with Crippen LogP contribution in [0.4, 0.5) is 4.39 Å². The third kappa shape index (κ3) is 3.56. The van der Waals surface area contributed by atoms with E-state index in [0.29, 0.717) is 0 Å². The Morgan fingerprint density at radius 1 is 1.38 bits per heavy atom. The topological polar surface area (TPSA) is 118 Å². The zero-order chi connectivity index (χ0) is 16.4. The maximum atomic E-state index is 13.7. The van der Waals surface area contributed by atoms with Gasteiger partial charge in [-0.1, -0.05) is 6.92 Å². The van der Waals surface area contributed by atoms with Crippen LogP contribution in [-0.2, 0) is 14.8 Å². The van der Waals surface area contributed by atoms with Crippen LogP contribution in [0.5, 0.6) is 0 Å². The largest absolute Gasteiger partial charge is 0.478 e. The van der Waals surface area contributed by atoms with Gasteiger partial charge in [-0.15, -0.1) is 0 Å². The van der Waals surface area contributed by atoms with Gasteiger partial charge < -0.3 is 10.8 Å². The average Bonchev–Trinajstić information content (AvgIpc) is 2.37. The summed E-state index contributed by atoms with van der Waals surface area (Å²) >= 11 is 0. The molecule has 0 bridgehead atoms. The van der Waals surface area contributed by atoms with Crippen molar-refractivity contribution in [3.8, 4) is 0 Å². The van der Waals surface area contributed by atoms with Crippen molar-refractivity contribution in [2.75, 3.05) is 13.1 Å². The fraction of sp³-hybridized carbons (Fsp3) is 0.333. The summed E-state index contributed by atoms with van der Waals surface area (Å²) in [5.74, 6) is -3.28. The van der Waals surface area contributed by atoms with E-state index in [1.165, 1.54) is 13.8 Å². The molecule has 0 heterocycles. The third-order valence-corrected chi connectivity index (χ3v) is 4.89. The molecule has 0 saturated carbocycles. The second-order valence-corrected chi connectivity index (χ2v) is 6.19. The zero-order valence-electron chi connectivity index (χ0n) is 11.5. The van der Waals surface area contributed by atoms with Gasteiger partial charge in [-0.05, 0) is 19.1 Å². The van der Waals surface area contributed by atoms with Gasteiger partial charge in [0.15, 0.2) is 0 Å². The summed E-state index contributed by atoms with van der Waals surface area (Å²) in [6, 6.07) is 1.60. The number of primary amides is 1. The van der Waals surface area contributed by atoms with Crippen LogP contribution in [0, 0.1) is 12.7 Å². The number of hydrogen-bond acceptors (Lipinski definition) is 4. The van der Waals surface area contributed by atoms with Gasteiger partial charge in [0.1, 0.15) is 5.82 Å². The summed E-state index contributed by atoms with van der Waals surface area (Å²) in [6.07, 6.45) is 0. The second kappa shape index (κ2) is 6.19. The SMILES string of the molecule is CCN(CC(N)=O)S(=O)(=O)c1cc(C(=O)O)cc(F)c1C. The second-order valence-electron chi connectivity index (χ2n) is 4.28. The Kier molecular flexibility index (Phi) is 5.02. The number of hydrogen-bond donors (Lipinski definition) is 2. The van der Waals surface area contributed by atoms with E-state index in [2.05, 4.69) is 0 Å². The van der Waals surface area contributed by atoms with Gasteiger partial charge in [0, 0.05) is 12.1 Å². The van der Waals surface area contributed by atoms with Crippen LogP contribution in [-0.4, -0.2) is 42.8 Å². The van der Waals surface area contributed by atoms with Gasteiger partial charge in [-0.25, -0.2) is 17.6 Å². The van der Waals surface area contributed by atoms with E-state index < -0.39 is 44.7 Å². The lowest BCUT2D eigenvalue weighted by Gasteiger charge is -2.20. The molecule has 1 aromatic rings. The van der Waals surface area contributed by atoms with Gasteiger partial charge >= 0.3 is 5.97 Å². The molecule has 0 atom stereocenters. The summed E-state index contributed by atoms with van der Waals surface area (Å²) < 4.78 is 39.3. The normalized spacial score (nSPS) is 11.6. The number of benzene rings is 1. The average molecular weight is 318 g/mol. The van der Waals surface area contributed by atoms with Crippen LogP contribution in [0.15, 0.2) is 17.0 Å². The number of halogens is 1. The van der Waals surface area contributed by atoms with Crippen molar-refractivity contribution >= 4 is 21.9 Å². The van der Waals surface area contributed by atoms with Crippen molar-refractivity contribution < 1.29 is 27.5 Å². The van der Waals surface area contributed by atoms with Gasteiger partial charge in [0.05, 0.1) is 17.0 Å². The first kappa shape index (κ1) is 17.1. The Morgan fingerprint density at radius 2 is 1.95 bits per heavy atom. The number of aromatic carboxylic acids is 1. The standard InChI is InChI=1S/C12H15FN2O5S/c1-3-15(6-11(14)16)21(19,20)10-5-8(12(17)18)4-9(13)7(10)2/h4-5H,3,6H2,1-2H3,(H2,14,16)(H,17,18). The van der Waals surface area contributed by atoms with Crippen molar-refractivity contribution in [2.45, 2.75) is 18.7 Å². The van der Waals surface area contributed by atoms with Gasteiger partial charge in [0.2, 0.25) is 15.9 Å². The lowest BCUT2D eigenvalue weighted by molar-refractivity contribution is -0.118. The first-order valence-electron chi connectivity index (χ1n) is 5.93. The fourth-order valence-electron chi connectivity index (χ4n) is 1.72. The molecule has 7 nitrogen and oxygen atoms in total. The highest BCUT2D eigenvalue weighted by Gasteiger charge is 2.28. The number of amides is 1. The van der Waals surface area contributed by atoms with Crippen LogP contribution in [0.2, 0.25) is 0 Å². The van der Waals surface area contributed by atoms with E-state index >= 15 is 0 Å². The lowest BCUT2D eigenvalue weighted by Crippen LogP contribution is -2.38. The van der Waals surface area contributed by atoms with E-state index in [0.717, 1.165) is 16.4 Å². The van der Waals surface area contributed by atoms with E-state index in [9.17, 15) is 22.4 Å². The predicted molar refractivity (Wildman–Crippen MR) is 71.7 cm³/mol. The Balaban J connectivity index is 3.49. The van der Waals surface area contributed by atoms with Crippen molar-refractivity contribution in [3.05, 3.63) is 29.1 Å². The van der Waals surface area contributed by atoms with E-state index in [4.69, 9.17) is 10.8 Å². The predicted octanol–water partition coefficient (Wildman–Crippen LogP) is 0.328. The molecule has 116 valence electrons. The summed E-state index contributed by atoms with van der Waals surface area (Å²) in [5, 5.41) is 8.88. The van der Waals surface area contributed by atoms with Crippen molar-refractivity contribution in [1.82, 2.24) is 4.31 Å². The van der Waals surface area contributed by atoms with Crippen molar-refractivity contribution in [2.24, 2.45) is 5.73 Å². The minimum absolute atomic E-state index is 0.0658. The molecule has 21 heavy (non-hydrogen) atoms. The maximum Gasteiger partial charge on any atom is 0.335 e. The molecule has 0 unspecified atom stereocenters. The zero-order valence-corrected chi connectivity index (χ0v) is 12.3. The minimum atomic E-state index is -4.23. The summed E-state index contributed by atoms with van der Waals surface area (Å²) in [4.78, 5) is 21.3. The molecule has 0 aliphatic carbocycles. The molecule has 0 aliphatic heterocycles. The lowest BCUT2D eigenvalue weighted by atomic mass is 10.1. The summed E-state index contributed by atoms with van der Waals surface area (Å²) in [5.41, 5.74) is 4.26. The van der Waals surface area contributed by atoms with Crippen molar-refractivity contribution in [3.63, 3.8) is 0 Å². The molecule has 0 aromatic heterocycles. The molecule has 1 aromatic carbocycles. The smallest absolute Gasteiger partial charge is 0.335 e. The number of nitrogens with two attached hydrogens (primary N) is 1. The highest BCUT2D eigenvalue weighted by Crippen LogP contribution is 2.24. The Labute approximate surface area is 121 Å². The molecular formula is C12H15FN2O5S. The molecule has 1 rings (SSSR count). The number of rotatable bonds is 6. The van der Waals surface area contributed by atoms with Crippen LogP contribution in [0.3, 0.4) is 0 Å². The molecular weight excluding hydrogens is 303 g/mol. The number of sulfonamides is 1. The van der Waals surface area contributed by atoms with E-state index in [-0.39, 0.29) is 12.1 Å². The van der Waals surface area contributed by atoms with Crippen LogP contribution >= 0.6 is 0 Å². The highest BCUT2D eigenvalue weighted by molar-refractivity contribution is 7.89. The molecule has 0 fully saturated rings. The molecule has 1 amide bonds. The number of nitrogens with zero attached hydrogens (tertiary/aromatic N) is 1. The monoisotopic (exact) mass is 318 g/mol. The summed E-state index contributed by atoms with van der Waals surface area (Å²) in [7, 11) is -4.23. The van der Waals surface area contributed by atoms with Gasteiger partial charge in [-0.3, -0.25) is 4.79 Å². The minimum Gasteiger partial charge on any atom is -0.478 e. The number of carboxylic acid groups (broad SMARTS) is 1. The summed E-state index contributed by atoms with van der Waals surface area (Å²) in [6.45, 7) is 2.06. The fourth-order valence-corrected chi connectivity index (χ4v) is 3.40. The van der Waals surface area contributed by atoms with Crippen LogP contribution < -0.4 is 5.73 Å². The van der Waals surface area contributed by atoms with E-state index in [1.54, 1.807) is 0 Å². The molecule has 0 spiro atoms. The Morgan fingerprint density at radius 3 is 2.38 bits per heavy atom. The molecule has 3 N–H and O–H groups in total. The molecule has 0 aliphatic rings. The third-order valence-electron chi connectivity index (χ3n) is 2.85. The van der Waals surface area contributed by atoms with Crippen molar-refractivity contribution in [1.29, 1.82) is 0 Å². The molecule has 0 saturated heterocycles. The first-order valence-corrected chi connectivity index (χ1v) is 7.37. The maximum absolute atomic E-state index is 13.7. The number of carbonyl (C=O) groups is 2. The Hall–Kier alpha value is -2.00. The highest BCUT2D eigenvalue weighted by atomic mass is 32.2.